The van der Waals surface area contributed by atoms with Crippen molar-refractivity contribution in [3.63, 3.8) is 0 Å². The topological polar surface area (TPSA) is 87.3 Å². The van der Waals surface area contributed by atoms with Crippen molar-refractivity contribution in [2.24, 2.45) is 0 Å². The first-order valence-electron chi connectivity index (χ1n) is 5.00. The molecule has 0 aliphatic heterocycles. The van der Waals surface area contributed by atoms with Gasteiger partial charge in [0.05, 0.1) is 0 Å². The van der Waals surface area contributed by atoms with Crippen LogP contribution in [0.5, 0.6) is 0 Å². The molecule has 0 saturated heterocycles. The van der Waals surface area contributed by atoms with Gasteiger partial charge in [0.1, 0.15) is 0 Å². The fourth-order valence-electron chi connectivity index (χ4n) is 0.894. The normalized spacial score (nSPS) is 9.38. The van der Waals surface area contributed by atoms with Gasteiger partial charge in [0.15, 0.2) is 0 Å². The molecule has 0 radical (unpaired) electrons. The van der Waals surface area contributed by atoms with Gasteiger partial charge in [0, 0.05) is 31.8 Å². The number of hydrogen-bond donors (Lipinski definition) is 3. The van der Waals surface area contributed by atoms with Gasteiger partial charge in [-0.25, -0.2) is 4.79 Å². The summed E-state index contributed by atoms with van der Waals surface area (Å²) in [6.45, 7) is 2.55. The number of nitrogens with one attached hydrogen (secondary N) is 3. The highest BCUT2D eigenvalue weighted by Gasteiger charge is 2.06. The minimum atomic E-state index is -0.612. The molecule has 0 bridgehead atoms. The maximum atomic E-state index is 11.0. The number of amides is 4. The third-order valence-electron chi connectivity index (χ3n) is 1.59. The molecule has 0 rings (SSSR count). The molecule has 0 aromatic heterocycles. The average molecular weight is 250 g/mol. The highest BCUT2D eigenvalue weighted by molar-refractivity contribution is 6.19. The number of carbonyl (C=O) groups excluding carboxylic acids is 3. The number of imide groups is 1. The third kappa shape index (κ3) is 8.05. The van der Waals surface area contributed by atoms with E-state index in [1.165, 1.54) is 0 Å². The maximum Gasteiger partial charge on any atom is 0.321 e. The summed E-state index contributed by atoms with van der Waals surface area (Å²) in [6.07, 6.45) is 0.274. The smallest absolute Gasteiger partial charge is 0.321 e. The van der Waals surface area contributed by atoms with Crippen molar-refractivity contribution >= 4 is 29.4 Å². The summed E-state index contributed by atoms with van der Waals surface area (Å²) in [5.74, 6) is -0.418. The van der Waals surface area contributed by atoms with Gasteiger partial charge in [0.2, 0.25) is 11.8 Å². The molecule has 0 unspecified atom stereocenters. The number of hydrogen-bond acceptors (Lipinski definition) is 3. The lowest BCUT2D eigenvalue weighted by molar-refractivity contribution is -0.121. The molecule has 7 heteroatoms. The van der Waals surface area contributed by atoms with Crippen LogP contribution in [0.1, 0.15) is 19.8 Å². The van der Waals surface area contributed by atoms with Gasteiger partial charge in [-0.2, -0.15) is 0 Å². The molecule has 0 saturated carbocycles. The molecular weight excluding hydrogens is 234 g/mol. The van der Waals surface area contributed by atoms with Crippen LogP contribution < -0.4 is 16.0 Å². The Morgan fingerprint density at radius 3 is 2.31 bits per heavy atom. The molecule has 0 atom stereocenters. The molecule has 92 valence electrons. The van der Waals surface area contributed by atoms with Crippen LogP contribution >= 0.6 is 11.6 Å². The van der Waals surface area contributed by atoms with Crippen LogP contribution in [0.3, 0.4) is 0 Å². The molecule has 0 aliphatic rings. The summed E-state index contributed by atoms with van der Waals surface area (Å²) in [6, 6.07) is -0.612. The van der Waals surface area contributed by atoms with Crippen LogP contribution in [0.4, 0.5) is 4.79 Å². The summed E-state index contributed by atoms with van der Waals surface area (Å²) in [5.41, 5.74) is 0. The van der Waals surface area contributed by atoms with E-state index in [2.05, 4.69) is 16.0 Å². The van der Waals surface area contributed by atoms with E-state index in [9.17, 15) is 14.4 Å². The molecule has 0 aromatic rings. The summed E-state index contributed by atoms with van der Waals surface area (Å²) >= 11 is 5.32. The largest absolute Gasteiger partial charge is 0.356 e. The Bertz CT molecular complexity index is 258. The quantitative estimate of drug-likeness (QED) is 0.578. The maximum absolute atomic E-state index is 11.0. The minimum Gasteiger partial charge on any atom is -0.356 e. The van der Waals surface area contributed by atoms with Crippen molar-refractivity contribution in [2.75, 3.05) is 19.0 Å². The van der Waals surface area contributed by atoms with E-state index in [0.29, 0.717) is 6.54 Å². The highest BCUT2D eigenvalue weighted by Crippen LogP contribution is 1.84. The Hall–Kier alpha value is -1.30. The lowest BCUT2D eigenvalue weighted by atomic mass is 10.4. The van der Waals surface area contributed by atoms with Gasteiger partial charge in [-0.1, -0.05) is 0 Å². The van der Waals surface area contributed by atoms with Gasteiger partial charge in [-0.3, -0.25) is 14.9 Å². The molecule has 0 aromatic carbocycles. The first kappa shape index (κ1) is 14.7. The Labute approximate surface area is 99.1 Å². The second kappa shape index (κ2) is 8.96. The summed E-state index contributed by atoms with van der Waals surface area (Å²) in [7, 11) is 0. The van der Waals surface area contributed by atoms with Gasteiger partial charge in [-0.05, 0) is 6.92 Å². The molecule has 3 N–H and O–H groups in total. The van der Waals surface area contributed by atoms with Crippen LogP contribution in [-0.4, -0.2) is 36.8 Å². The van der Waals surface area contributed by atoms with E-state index in [1.807, 2.05) is 6.92 Å². The first-order chi connectivity index (χ1) is 7.60. The molecule has 4 amide bonds. The second-order valence-corrected chi connectivity index (χ2v) is 3.32. The molecule has 0 fully saturated rings. The standard InChI is InChI=1S/C9H16ClN3O3/c1-2-11-7(14)4-6-12-9(16)13-8(15)3-5-10/h2-6H2,1H3,(H,11,14)(H2,12,13,15,16). The second-order valence-electron chi connectivity index (χ2n) is 2.95. The summed E-state index contributed by atoms with van der Waals surface area (Å²) in [5, 5.41) is 7.05. The average Bonchev–Trinajstić information content (AvgIpc) is 2.18. The Morgan fingerprint density at radius 2 is 1.75 bits per heavy atom. The lowest BCUT2D eigenvalue weighted by Crippen LogP contribution is -2.41. The molecule has 6 nitrogen and oxygen atoms in total. The van der Waals surface area contributed by atoms with Crippen LogP contribution in [-0.2, 0) is 9.59 Å². The monoisotopic (exact) mass is 249 g/mol. The van der Waals surface area contributed by atoms with Gasteiger partial charge >= 0.3 is 6.03 Å². The predicted octanol–water partition coefficient (Wildman–Crippen LogP) is -0.0327. The lowest BCUT2D eigenvalue weighted by Gasteiger charge is -2.05. The third-order valence-corrected chi connectivity index (χ3v) is 1.78. The van der Waals surface area contributed by atoms with E-state index >= 15 is 0 Å². The SMILES string of the molecule is CCNC(=O)CCNC(=O)NC(=O)CCCl. The fourth-order valence-corrected chi connectivity index (χ4v) is 1.07. The zero-order valence-corrected chi connectivity index (χ0v) is 9.89. The Balaban J connectivity index is 3.58. The van der Waals surface area contributed by atoms with Crippen LogP contribution in [0, 0.1) is 0 Å². The van der Waals surface area contributed by atoms with E-state index in [4.69, 9.17) is 11.6 Å². The van der Waals surface area contributed by atoms with Crippen LogP contribution in [0.2, 0.25) is 0 Å². The predicted molar refractivity (Wildman–Crippen MR) is 60.2 cm³/mol. The number of halogens is 1. The fraction of sp³-hybridized carbons (Fsp3) is 0.667. The number of alkyl halides is 1. The van der Waals surface area contributed by atoms with E-state index in [-0.39, 0.29) is 31.2 Å². The molecule has 0 heterocycles. The van der Waals surface area contributed by atoms with Crippen molar-refractivity contribution < 1.29 is 14.4 Å². The Kier molecular flexibility index (Phi) is 8.24. The van der Waals surface area contributed by atoms with Crippen LogP contribution in [0.25, 0.3) is 0 Å². The number of rotatable bonds is 6. The highest BCUT2D eigenvalue weighted by atomic mass is 35.5. The molecule has 16 heavy (non-hydrogen) atoms. The van der Waals surface area contributed by atoms with E-state index < -0.39 is 11.9 Å². The van der Waals surface area contributed by atoms with Crippen molar-refractivity contribution in [3.05, 3.63) is 0 Å². The zero-order valence-electron chi connectivity index (χ0n) is 9.14. The summed E-state index contributed by atoms with van der Waals surface area (Å²) < 4.78 is 0. The van der Waals surface area contributed by atoms with Crippen molar-refractivity contribution in [2.45, 2.75) is 19.8 Å². The van der Waals surface area contributed by atoms with Crippen molar-refractivity contribution in [1.82, 2.24) is 16.0 Å². The minimum absolute atomic E-state index is 0.0886. The first-order valence-corrected chi connectivity index (χ1v) is 5.54. The number of carbonyl (C=O) groups is 3. The van der Waals surface area contributed by atoms with Gasteiger partial charge in [0.25, 0.3) is 0 Å². The zero-order chi connectivity index (χ0) is 12.4. The Morgan fingerprint density at radius 1 is 1.06 bits per heavy atom. The molecule has 0 spiro atoms. The van der Waals surface area contributed by atoms with E-state index in [0.717, 1.165) is 0 Å². The van der Waals surface area contributed by atoms with E-state index in [1.54, 1.807) is 0 Å². The number of urea groups is 1. The molecular formula is C9H16ClN3O3. The van der Waals surface area contributed by atoms with Gasteiger partial charge in [-0.15, -0.1) is 11.6 Å². The van der Waals surface area contributed by atoms with Crippen LogP contribution in [0.15, 0.2) is 0 Å². The molecule has 0 aliphatic carbocycles. The van der Waals surface area contributed by atoms with Crippen molar-refractivity contribution in [3.8, 4) is 0 Å². The summed E-state index contributed by atoms with van der Waals surface area (Å²) in [4.78, 5) is 32.9. The van der Waals surface area contributed by atoms with Crippen molar-refractivity contribution in [1.29, 1.82) is 0 Å². The van der Waals surface area contributed by atoms with Gasteiger partial charge < -0.3 is 10.6 Å².